The molecule has 0 fully saturated rings. The zero-order valence-electron chi connectivity index (χ0n) is 11.0. The van der Waals surface area contributed by atoms with Gasteiger partial charge in [-0.2, -0.15) is 0 Å². The second-order valence-corrected chi connectivity index (χ2v) is 5.25. The molecule has 7 nitrogen and oxygen atoms in total. The Labute approximate surface area is 134 Å². The molecule has 1 heterocycles. The monoisotopic (exact) mass is 341 g/mol. The first-order valence-corrected chi connectivity index (χ1v) is 6.68. The highest BCUT2D eigenvalue weighted by atomic mass is 35.5. The normalized spacial score (nSPS) is 10.5. The number of aromatic nitrogens is 1. The Balaban J connectivity index is 2.56. The van der Waals surface area contributed by atoms with Gasteiger partial charge in [0.05, 0.1) is 17.7 Å². The maximum Gasteiger partial charge on any atom is 0.286 e. The highest BCUT2D eigenvalue weighted by Gasteiger charge is 2.18. The molecule has 22 heavy (non-hydrogen) atoms. The van der Waals surface area contributed by atoms with E-state index in [-0.39, 0.29) is 6.54 Å². The van der Waals surface area contributed by atoms with Crippen molar-refractivity contribution in [3.8, 4) is 0 Å². The average Bonchev–Trinajstić information content (AvgIpc) is 2.43. The Morgan fingerprint density at radius 1 is 1.32 bits per heavy atom. The molecule has 0 atom stereocenters. The van der Waals surface area contributed by atoms with Crippen LogP contribution >= 0.6 is 23.2 Å². The molecule has 2 N–H and O–H groups in total. The summed E-state index contributed by atoms with van der Waals surface area (Å²) in [5, 5.41) is 11.6. The van der Waals surface area contributed by atoms with Gasteiger partial charge >= 0.3 is 0 Å². The number of nitrogens with zero attached hydrogens (tertiary/aromatic N) is 2. The van der Waals surface area contributed by atoms with Crippen LogP contribution in [-0.4, -0.2) is 15.4 Å². The summed E-state index contributed by atoms with van der Waals surface area (Å²) >= 11 is 11.8. The third kappa shape index (κ3) is 3.26. The van der Waals surface area contributed by atoms with E-state index < -0.39 is 27.6 Å². The van der Waals surface area contributed by atoms with Crippen molar-refractivity contribution < 1.29 is 9.72 Å². The van der Waals surface area contributed by atoms with Crippen LogP contribution in [0.5, 0.6) is 0 Å². The highest BCUT2D eigenvalue weighted by molar-refractivity contribution is 6.35. The topological polar surface area (TPSA) is 108 Å². The molecule has 0 radical (unpaired) electrons. The molecular formula is C13H9Cl2N3O4. The van der Waals surface area contributed by atoms with Crippen molar-refractivity contribution in [3.63, 3.8) is 0 Å². The lowest BCUT2D eigenvalue weighted by atomic mass is 10.2. The number of halogens is 2. The number of benzene rings is 1. The number of carbonyl (C=O) groups is 1. The molecule has 0 spiro atoms. The first-order valence-electron chi connectivity index (χ1n) is 5.92. The minimum atomic E-state index is -1.04. The first kappa shape index (κ1) is 16.0. The molecule has 0 aliphatic heterocycles. The van der Waals surface area contributed by atoms with E-state index in [1.807, 2.05) is 0 Å². The fraction of sp³-hybridized carbons (Fsp3) is 0.0769. The van der Waals surface area contributed by atoms with Crippen LogP contribution in [0, 0.1) is 10.1 Å². The predicted molar refractivity (Wildman–Crippen MR) is 81.4 cm³/mol. The molecule has 2 rings (SSSR count). The maximum atomic E-state index is 12.1. The molecule has 1 aromatic heterocycles. The number of primary amides is 1. The Bertz CT molecular complexity index is 833. The summed E-state index contributed by atoms with van der Waals surface area (Å²) < 4.78 is 1.01. The Morgan fingerprint density at radius 2 is 2.00 bits per heavy atom. The van der Waals surface area contributed by atoms with Gasteiger partial charge in [-0.25, -0.2) is 0 Å². The van der Waals surface area contributed by atoms with Crippen molar-refractivity contribution >= 4 is 34.8 Å². The van der Waals surface area contributed by atoms with Gasteiger partial charge in [0, 0.05) is 16.1 Å². The number of nitro groups is 1. The summed E-state index contributed by atoms with van der Waals surface area (Å²) in [7, 11) is 0. The fourth-order valence-corrected chi connectivity index (χ4v) is 2.32. The second kappa shape index (κ2) is 6.17. The lowest BCUT2D eigenvalue weighted by Gasteiger charge is -2.09. The fourth-order valence-electron chi connectivity index (χ4n) is 1.85. The highest BCUT2D eigenvalue weighted by Crippen LogP contribution is 2.22. The van der Waals surface area contributed by atoms with Crippen molar-refractivity contribution in [1.29, 1.82) is 0 Å². The third-order valence-electron chi connectivity index (χ3n) is 2.90. The molecule has 0 saturated carbocycles. The molecule has 1 amide bonds. The van der Waals surface area contributed by atoms with Crippen LogP contribution in [0.2, 0.25) is 10.0 Å². The van der Waals surface area contributed by atoms with Gasteiger partial charge in [-0.05, 0) is 17.7 Å². The zero-order valence-corrected chi connectivity index (χ0v) is 12.5. The van der Waals surface area contributed by atoms with Gasteiger partial charge in [-0.15, -0.1) is 0 Å². The van der Waals surface area contributed by atoms with Gasteiger partial charge in [-0.3, -0.25) is 19.7 Å². The molecule has 2 aromatic rings. The van der Waals surface area contributed by atoms with Gasteiger partial charge in [0.1, 0.15) is 5.56 Å². The minimum Gasteiger partial charge on any atom is -0.365 e. The number of nitrogens with two attached hydrogens (primary N) is 1. The van der Waals surface area contributed by atoms with Gasteiger partial charge < -0.3 is 10.3 Å². The van der Waals surface area contributed by atoms with Crippen LogP contribution in [0.15, 0.2) is 35.3 Å². The molecule has 0 aliphatic rings. The summed E-state index contributed by atoms with van der Waals surface area (Å²) in [5.41, 5.74) is 3.99. The average molecular weight is 342 g/mol. The lowest BCUT2D eigenvalue weighted by Crippen LogP contribution is -2.30. The van der Waals surface area contributed by atoms with E-state index in [2.05, 4.69) is 0 Å². The van der Waals surface area contributed by atoms with E-state index in [0.29, 0.717) is 15.6 Å². The van der Waals surface area contributed by atoms with Crippen LogP contribution in [0.1, 0.15) is 15.9 Å². The zero-order chi connectivity index (χ0) is 16.4. The summed E-state index contributed by atoms with van der Waals surface area (Å²) in [6.07, 6.45) is 1.03. The van der Waals surface area contributed by atoms with Gasteiger partial charge in [0.15, 0.2) is 0 Å². The van der Waals surface area contributed by atoms with E-state index in [0.717, 1.165) is 16.8 Å². The van der Waals surface area contributed by atoms with Crippen LogP contribution in [0.3, 0.4) is 0 Å². The summed E-state index contributed by atoms with van der Waals surface area (Å²) in [4.78, 5) is 33.6. The summed E-state index contributed by atoms with van der Waals surface area (Å²) in [6.45, 7) is -0.0587. The minimum absolute atomic E-state index is 0.0587. The standard InChI is InChI=1S/C13H9Cl2N3O4/c14-8-2-1-7(11(15)3-8)5-17-6-9(18(21)22)4-10(12(16)19)13(17)20/h1-4,6H,5H2,(H2,16,19). The molecular weight excluding hydrogens is 333 g/mol. The van der Waals surface area contributed by atoms with Crippen molar-refractivity contribution in [1.82, 2.24) is 4.57 Å². The summed E-state index contributed by atoms with van der Waals surface area (Å²) in [6, 6.07) is 5.49. The smallest absolute Gasteiger partial charge is 0.286 e. The largest absolute Gasteiger partial charge is 0.365 e. The van der Waals surface area contributed by atoms with Gasteiger partial charge in [0.2, 0.25) is 0 Å². The predicted octanol–water partition coefficient (Wildman–Crippen LogP) is 2.21. The van der Waals surface area contributed by atoms with Gasteiger partial charge in [0.25, 0.3) is 17.2 Å². The van der Waals surface area contributed by atoms with E-state index in [4.69, 9.17) is 28.9 Å². The Morgan fingerprint density at radius 3 is 2.55 bits per heavy atom. The SMILES string of the molecule is NC(=O)c1cc([N+](=O)[O-])cn(Cc2ccc(Cl)cc2Cl)c1=O. The number of carbonyl (C=O) groups excluding carboxylic acids is 1. The molecule has 114 valence electrons. The van der Waals surface area contributed by atoms with Crippen molar-refractivity contribution in [2.24, 2.45) is 5.73 Å². The first-order chi connectivity index (χ1) is 10.3. The Kier molecular flexibility index (Phi) is 4.48. The van der Waals surface area contributed by atoms with E-state index in [9.17, 15) is 19.7 Å². The van der Waals surface area contributed by atoms with Crippen LogP contribution in [0.25, 0.3) is 0 Å². The van der Waals surface area contributed by atoms with E-state index in [1.165, 1.54) is 6.07 Å². The number of hydrogen-bond donors (Lipinski definition) is 1. The van der Waals surface area contributed by atoms with E-state index in [1.54, 1.807) is 12.1 Å². The molecule has 0 aliphatic carbocycles. The third-order valence-corrected chi connectivity index (χ3v) is 3.49. The quantitative estimate of drug-likeness (QED) is 0.679. The van der Waals surface area contributed by atoms with Crippen LogP contribution in [-0.2, 0) is 6.54 Å². The number of rotatable bonds is 4. The molecule has 9 heteroatoms. The lowest BCUT2D eigenvalue weighted by molar-refractivity contribution is -0.385. The van der Waals surface area contributed by atoms with Crippen LogP contribution < -0.4 is 11.3 Å². The van der Waals surface area contributed by atoms with Crippen molar-refractivity contribution in [3.05, 3.63) is 72.1 Å². The summed E-state index contributed by atoms with van der Waals surface area (Å²) in [5.74, 6) is -1.04. The molecule has 1 aromatic carbocycles. The maximum absolute atomic E-state index is 12.1. The van der Waals surface area contributed by atoms with Gasteiger partial charge in [-0.1, -0.05) is 29.3 Å². The Hall–Kier alpha value is -2.38. The molecule has 0 saturated heterocycles. The number of amides is 1. The van der Waals surface area contributed by atoms with Crippen molar-refractivity contribution in [2.75, 3.05) is 0 Å². The van der Waals surface area contributed by atoms with Crippen molar-refractivity contribution in [2.45, 2.75) is 6.54 Å². The second-order valence-electron chi connectivity index (χ2n) is 4.40. The van der Waals surface area contributed by atoms with Crippen LogP contribution in [0.4, 0.5) is 5.69 Å². The number of pyridine rings is 1. The molecule has 0 bridgehead atoms. The van der Waals surface area contributed by atoms with E-state index >= 15 is 0 Å². The number of hydrogen-bond acceptors (Lipinski definition) is 4. The molecule has 0 unspecified atom stereocenters.